The number of nitrogens with one attached hydrogen (secondary N) is 2. The molecular weight excluding hydrogens is 205 g/mol. The van der Waals surface area contributed by atoms with E-state index in [0.717, 1.165) is 0 Å². The third-order valence-corrected chi connectivity index (χ3v) is 1.96. The van der Waals surface area contributed by atoms with E-state index < -0.39 is 17.5 Å². The van der Waals surface area contributed by atoms with E-state index in [0.29, 0.717) is 25.2 Å². The van der Waals surface area contributed by atoms with Gasteiger partial charge in [-0.2, -0.15) is 0 Å². The molecule has 15 heavy (non-hydrogen) atoms. The van der Waals surface area contributed by atoms with Crippen LogP contribution in [0.3, 0.4) is 0 Å². The van der Waals surface area contributed by atoms with Crippen molar-refractivity contribution in [2.45, 2.75) is 6.54 Å². The normalized spacial score (nSPS) is 10.7. The van der Waals surface area contributed by atoms with Gasteiger partial charge in [0.15, 0.2) is 0 Å². The van der Waals surface area contributed by atoms with Crippen LogP contribution in [0.15, 0.2) is 12.1 Å². The Labute approximate surface area is 86.5 Å². The summed E-state index contributed by atoms with van der Waals surface area (Å²) in [7, 11) is 1.78. The lowest BCUT2D eigenvalue weighted by Gasteiger charge is -2.06. The van der Waals surface area contributed by atoms with E-state index in [4.69, 9.17) is 0 Å². The summed E-state index contributed by atoms with van der Waals surface area (Å²) in [6.45, 7) is 1.34. The summed E-state index contributed by atoms with van der Waals surface area (Å²) in [5, 5.41) is 5.72. The molecule has 0 amide bonds. The minimum absolute atomic E-state index is 0.0552. The molecule has 0 aliphatic heterocycles. The van der Waals surface area contributed by atoms with Crippen molar-refractivity contribution in [2.24, 2.45) is 0 Å². The van der Waals surface area contributed by atoms with Crippen LogP contribution in [-0.2, 0) is 6.54 Å². The van der Waals surface area contributed by atoms with E-state index in [9.17, 15) is 13.2 Å². The second-order valence-electron chi connectivity index (χ2n) is 3.13. The molecule has 0 atom stereocenters. The molecular formula is C10H13F3N2. The zero-order valence-corrected chi connectivity index (χ0v) is 8.41. The fourth-order valence-electron chi connectivity index (χ4n) is 1.17. The Kier molecular flexibility index (Phi) is 4.58. The minimum Gasteiger partial charge on any atom is -0.318 e. The van der Waals surface area contributed by atoms with Gasteiger partial charge in [-0.05, 0) is 7.05 Å². The molecule has 0 unspecified atom stereocenters. The van der Waals surface area contributed by atoms with E-state index in [2.05, 4.69) is 10.6 Å². The molecule has 1 aromatic carbocycles. The van der Waals surface area contributed by atoms with E-state index in [-0.39, 0.29) is 12.1 Å². The van der Waals surface area contributed by atoms with Crippen molar-refractivity contribution < 1.29 is 13.2 Å². The van der Waals surface area contributed by atoms with Gasteiger partial charge in [-0.25, -0.2) is 13.2 Å². The molecule has 0 fully saturated rings. The molecule has 5 heteroatoms. The van der Waals surface area contributed by atoms with Gasteiger partial charge in [-0.1, -0.05) is 0 Å². The summed E-state index contributed by atoms with van der Waals surface area (Å²) in [5.41, 5.74) is -0.132. The van der Waals surface area contributed by atoms with E-state index in [1.54, 1.807) is 7.05 Å². The summed E-state index contributed by atoms with van der Waals surface area (Å²) >= 11 is 0. The fourth-order valence-corrected chi connectivity index (χ4v) is 1.17. The van der Waals surface area contributed by atoms with Gasteiger partial charge in [0.25, 0.3) is 0 Å². The Morgan fingerprint density at radius 2 is 1.67 bits per heavy atom. The smallest absolute Gasteiger partial charge is 0.133 e. The third kappa shape index (κ3) is 3.53. The molecule has 2 nitrogen and oxygen atoms in total. The molecule has 0 aliphatic rings. The van der Waals surface area contributed by atoms with Crippen LogP contribution in [0.2, 0.25) is 0 Å². The SMILES string of the molecule is CNCCNCc1c(F)cc(F)cc1F. The average molecular weight is 218 g/mol. The molecule has 0 saturated carbocycles. The second kappa shape index (κ2) is 5.72. The molecule has 1 rings (SSSR count). The number of halogens is 3. The quantitative estimate of drug-likeness (QED) is 0.730. The molecule has 0 saturated heterocycles. The summed E-state index contributed by atoms with van der Waals surface area (Å²) in [5.74, 6) is -2.61. The van der Waals surface area contributed by atoms with Crippen LogP contribution in [0.4, 0.5) is 13.2 Å². The maximum Gasteiger partial charge on any atom is 0.133 e. The van der Waals surface area contributed by atoms with Crippen molar-refractivity contribution >= 4 is 0 Å². The highest BCUT2D eigenvalue weighted by molar-refractivity contribution is 5.20. The van der Waals surface area contributed by atoms with Crippen molar-refractivity contribution in [1.82, 2.24) is 10.6 Å². The summed E-state index contributed by atoms with van der Waals surface area (Å²) in [6, 6.07) is 1.36. The molecule has 0 heterocycles. The minimum atomic E-state index is -0.899. The van der Waals surface area contributed by atoms with Gasteiger partial charge in [-0.3, -0.25) is 0 Å². The van der Waals surface area contributed by atoms with Crippen LogP contribution in [0, 0.1) is 17.5 Å². The zero-order chi connectivity index (χ0) is 11.3. The van der Waals surface area contributed by atoms with Crippen LogP contribution in [0.1, 0.15) is 5.56 Å². The Morgan fingerprint density at radius 3 is 2.20 bits per heavy atom. The summed E-state index contributed by atoms with van der Waals surface area (Å²) < 4.78 is 38.7. The van der Waals surface area contributed by atoms with Crippen molar-refractivity contribution in [3.05, 3.63) is 35.1 Å². The van der Waals surface area contributed by atoms with Gasteiger partial charge in [0.2, 0.25) is 0 Å². The summed E-state index contributed by atoms with van der Waals surface area (Å²) in [4.78, 5) is 0. The largest absolute Gasteiger partial charge is 0.318 e. The number of hydrogen-bond acceptors (Lipinski definition) is 2. The number of benzene rings is 1. The molecule has 1 aromatic rings. The maximum absolute atomic E-state index is 13.1. The van der Waals surface area contributed by atoms with Crippen molar-refractivity contribution in [2.75, 3.05) is 20.1 Å². The Balaban J connectivity index is 2.60. The van der Waals surface area contributed by atoms with Crippen LogP contribution in [-0.4, -0.2) is 20.1 Å². The first-order valence-electron chi connectivity index (χ1n) is 4.64. The molecule has 0 radical (unpaired) electrons. The molecule has 0 bridgehead atoms. The first-order chi connectivity index (χ1) is 7.15. The average Bonchev–Trinajstić information content (AvgIpc) is 2.15. The highest BCUT2D eigenvalue weighted by atomic mass is 19.1. The second-order valence-corrected chi connectivity index (χ2v) is 3.13. The third-order valence-electron chi connectivity index (χ3n) is 1.96. The maximum atomic E-state index is 13.1. The van der Waals surface area contributed by atoms with Crippen LogP contribution < -0.4 is 10.6 Å². The predicted octanol–water partition coefficient (Wildman–Crippen LogP) is 1.41. The molecule has 2 N–H and O–H groups in total. The highest BCUT2D eigenvalue weighted by Gasteiger charge is 2.10. The molecule has 0 spiro atoms. The standard InChI is InChI=1S/C10H13F3N2/c1-14-2-3-15-6-8-9(12)4-7(11)5-10(8)13/h4-5,14-15H,2-3,6H2,1H3. The lowest BCUT2D eigenvalue weighted by molar-refractivity contribution is 0.510. The topological polar surface area (TPSA) is 24.1 Å². The number of hydrogen-bond donors (Lipinski definition) is 2. The van der Waals surface area contributed by atoms with Gasteiger partial charge in [0.1, 0.15) is 17.5 Å². The van der Waals surface area contributed by atoms with E-state index in [1.165, 1.54) is 0 Å². The Morgan fingerprint density at radius 1 is 1.07 bits per heavy atom. The lowest BCUT2D eigenvalue weighted by atomic mass is 10.2. The van der Waals surface area contributed by atoms with E-state index >= 15 is 0 Å². The molecule has 0 aromatic heterocycles. The van der Waals surface area contributed by atoms with E-state index in [1.807, 2.05) is 0 Å². The van der Waals surface area contributed by atoms with Crippen molar-refractivity contribution in [3.63, 3.8) is 0 Å². The van der Waals surface area contributed by atoms with Crippen LogP contribution in [0.5, 0.6) is 0 Å². The first kappa shape index (κ1) is 12.0. The van der Waals surface area contributed by atoms with Crippen LogP contribution in [0.25, 0.3) is 0 Å². The molecule has 0 aliphatic carbocycles. The van der Waals surface area contributed by atoms with Gasteiger partial charge < -0.3 is 10.6 Å². The molecule has 84 valence electrons. The first-order valence-corrected chi connectivity index (χ1v) is 4.64. The summed E-state index contributed by atoms with van der Waals surface area (Å²) in [6.07, 6.45) is 0. The van der Waals surface area contributed by atoms with Gasteiger partial charge in [0.05, 0.1) is 0 Å². The Bertz CT molecular complexity index is 305. The van der Waals surface area contributed by atoms with Gasteiger partial charge in [-0.15, -0.1) is 0 Å². The van der Waals surface area contributed by atoms with Gasteiger partial charge >= 0.3 is 0 Å². The van der Waals surface area contributed by atoms with Crippen LogP contribution >= 0.6 is 0 Å². The van der Waals surface area contributed by atoms with Crippen molar-refractivity contribution in [1.29, 1.82) is 0 Å². The van der Waals surface area contributed by atoms with Crippen molar-refractivity contribution in [3.8, 4) is 0 Å². The Hall–Kier alpha value is -1.07. The fraction of sp³-hybridized carbons (Fsp3) is 0.400. The number of rotatable bonds is 5. The monoisotopic (exact) mass is 218 g/mol. The predicted molar refractivity (Wildman–Crippen MR) is 51.9 cm³/mol. The zero-order valence-electron chi connectivity index (χ0n) is 8.41. The lowest BCUT2D eigenvalue weighted by Crippen LogP contribution is -2.25. The van der Waals surface area contributed by atoms with Gasteiger partial charge in [0, 0.05) is 37.3 Å². The number of likely N-dealkylation sites (N-methyl/N-ethyl adjacent to an activating group) is 1. The highest BCUT2D eigenvalue weighted by Crippen LogP contribution is 2.14.